The first-order valence-corrected chi connectivity index (χ1v) is 6.58. The van der Waals surface area contributed by atoms with Gasteiger partial charge in [-0.3, -0.25) is 9.13 Å². The van der Waals surface area contributed by atoms with Crippen molar-refractivity contribution in [3.63, 3.8) is 0 Å². The molecular formula is C4H12N2O6P2. The molecular weight excluding hydrogens is 234 g/mol. The van der Waals surface area contributed by atoms with Crippen molar-refractivity contribution in [2.75, 3.05) is 0 Å². The van der Waals surface area contributed by atoms with E-state index in [-0.39, 0.29) is 5.71 Å². The van der Waals surface area contributed by atoms with Crippen LogP contribution >= 0.6 is 15.2 Å². The molecule has 0 aromatic heterocycles. The molecule has 0 aromatic carbocycles. The molecule has 0 radical (unpaired) electrons. The monoisotopic (exact) mass is 246 g/mol. The van der Waals surface area contributed by atoms with Crippen molar-refractivity contribution in [3.8, 4) is 0 Å². The summed E-state index contributed by atoms with van der Waals surface area (Å²) >= 11 is 0. The fourth-order valence-corrected chi connectivity index (χ4v) is 3.01. The van der Waals surface area contributed by atoms with Crippen molar-refractivity contribution in [1.82, 2.24) is 0 Å². The predicted molar refractivity (Wildman–Crippen MR) is 49.0 cm³/mol. The topological polar surface area (TPSA) is 165 Å². The van der Waals surface area contributed by atoms with E-state index in [1.807, 2.05) is 0 Å². The molecule has 0 unspecified atom stereocenters. The Morgan fingerprint density at radius 3 is 1.64 bits per heavy atom. The zero-order valence-electron chi connectivity index (χ0n) is 7.28. The highest BCUT2D eigenvalue weighted by Crippen LogP contribution is 2.67. The van der Waals surface area contributed by atoms with Gasteiger partial charge in [0.25, 0.3) is 0 Å². The van der Waals surface area contributed by atoms with Gasteiger partial charge >= 0.3 is 15.2 Å². The summed E-state index contributed by atoms with van der Waals surface area (Å²) in [5.41, 5.74) is 4.67. The van der Waals surface area contributed by atoms with E-state index < -0.39 is 26.6 Å². The fourth-order valence-electron chi connectivity index (χ4n) is 0.766. The van der Waals surface area contributed by atoms with Gasteiger partial charge in [0.15, 0.2) is 0 Å². The van der Waals surface area contributed by atoms with Crippen LogP contribution in [0.1, 0.15) is 13.3 Å². The zero-order valence-corrected chi connectivity index (χ0v) is 9.07. The summed E-state index contributed by atoms with van der Waals surface area (Å²) < 4.78 is 21.6. The number of rotatable bonds is 4. The van der Waals surface area contributed by atoms with Crippen LogP contribution in [0.2, 0.25) is 0 Å². The molecule has 84 valence electrons. The Kier molecular flexibility index (Phi) is 3.81. The van der Waals surface area contributed by atoms with Crippen LogP contribution in [0.15, 0.2) is 0 Å². The smallest absolute Gasteiger partial charge is 0.323 e. The molecule has 0 aliphatic rings. The van der Waals surface area contributed by atoms with Gasteiger partial charge in [0, 0.05) is 12.1 Å². The second kappa shape index (κ2) is 3.83. The number of nitrogens with one attached hydrogen (secondary N) is 1. The van der Waals surface area contributed by atoms with E-state index >= 15 is 0 Å². The van der Waals surface area contributed by atoms with Crippen LogP contribution in [0, 0.1) is 5.41 Å². The number of nitrogens with two attached hydrogens (primary N) is 1. The lowest BCUT2D eigenvalue weighted by Crippen LogP contribution is -2.40. The van der Waals surface area contributed by atoms with Gasteiger partial charge < -0.3 is 30.7 Å². The van der Waals surface area contributed by atoms with E-state index in [0.717, 1.165) is 6.92 Å². The molecule has 0 amide bonds. The summed E-state index contributed by atoms with van der Waals surface area (Å²) in [4.78, 5) is 34.9. The highest BCUT2D eigenvalue weighted by molar-refractivity contribution is 7.72. The Morgan fingerprint density at radius 1 is 1.29 bits per heavy atom. The lowest BCUT2D eigenvalue weighted by Gasteiger charge is -2.30. The minimum Gasteiger partial charge on any atom is -0.323 e. The summed E-state index contributed by atoms with van der Waals surface area (Å²) in [5, 5.41) is 3.95. The SMILES string of the molecule is CC(=N)CC(N)(P(=O)(O)O)P(=O)(O)O. The quantitative estimate of drug-likeness (QED) is 0.284. The summed E-state index contributed by atoms with van der Waals surface area (Å²) in [5.74, 6) is 0. The second-order valence-corrected chi connectivity index (χ2v) is 7.05. The van der Waals surface area contributed by atoms with E-state index in [2.05, 4.69) is 0 Å². The molecule has 0 aliphatic heterocycles. The molecule has 8 nitrogen and oxygen atoms in total. The molecule has 0 spiro atoms. The molecule has 14 heavy (non-hydrogen) atoms. The van der Waals surface area contributed by atoms with Crippen LogP contribution in [0.5, 0.6) is 0 Å². The Labute approximate surface area is 80.0 Å². The summed E-state index contributed by atoms with van der Waals surface area (Å²) in [6.45, 7) is 1.15. The molecule has 0 atom stereocenters. The molecule has 0 bridgehead atoms. The average Bonchev–Trinajstić information content (AvgIpc) is 1.79. The first-order valence-electron chi connectivity index (χ1n) is 3.36. The highest BCUT2D eigenvalue weighted by Gasteiger charge is 2.57. The highest BCUT2D eigenvalue weighted by atomic mass is 31.2. The second-order valence-electron chi connectivity index (χ2n) is 2.92. The van der Waals surface area contributed by atoms with Crippen molar-refractivity contribution in [1.29, 1.82) is 5.41 Å². The van der Waals surface area contributed by atoms with Gasteiger partial charge in [-0.25, -0.2) is 0 Å². The van der Waals surface area contributed by atoms with Crippen LogP contribution in [0.25, 0.3) is 0 Å². The Balaban J connectivity index is 5.41. The van der Waals surface area contributed by atoms with E-state index in [1.165, 1.54) is 0 Å². The van der Waals surface area contributed by atoms with E-state index in [1.54, 1.807) is 0 Å². The minimum absolute atomic E-state index is 0.320. The van der Waals surface area contributed by atoms with Crippen molar-refractivity contribution in [3.05, 3.63) is 0 Å². The van der Waals surface area contributed by atoms with Gasteiger partial charge in [-0.1, -0.05) is 0 Å². The number of hydrogen-bond acceptors (Lipinski definition) is 4. The minimum atomic E-state index is -5.19. The van der Waals surface area contributed by atoms with Gasteiger partial charge in [0.1, 0.15) is 0 Å². The molecule has 0 saturated heterocycles. The Bertz CT molecular complexity index is 307. The van der Waals surface area contributed by atoms with Gasteiger partial charge in [-0.05, 0) is 6.92 Å². The Morgan fingerprint density at radius 2 is 1.57 bits per heavy atom. The van der Waals surface area contributed by atoms with Gasteiger partial charge in [0.05, 0.1) is 0 Å². The third kappa shape index (κ3) is 2.71. The molecule has 0 saturated carbocycles. The van der Waals surface area contributed by atoms with Crippen molar-refractivity contribution in [2.45, 2.75) is 18.4 Å². The van der Waals surface area contributed by atoms with Gasteiger partial charge in [-0.2, -0.15) is 0 Å². The normalized spacial score (nSPS) is 14.1. The van der Waals surface area contributed by atoms with Crippen LogP contribution in [-0.4, -0.2) is 30.3 Å². The van der Waals surface area contributed by atoms with Gasteiger partial charge in [-0.15, -0.1) is 0 Å². The third-order valence-electron chi connectivity index (χ3n) is 1.53. The maximum absolute atomic E-state index is 10.8. The maximum Gasteiger partial charge on any atom is 0.358 e. The molecule has 0 rings (SSSR count). The van der Waals surface area contributed by atoms with E-state index in [0.29, 0.717) is 0 Å². The van der Waals surface area contributed by atoms with Gasteiger partial charge in [0.2, 0.25) is 5.02 Å². The molecule has 10 heteroatoms. The number of hydrogen-bond donors (Lipinski definition) is 6. The average molecular weight is 246 g/mol. The predicted octanol–water partition coefficient (Wildman–Crippen LogP) is -0.616. The fraction of sp³-hybridized carbons (Fsp3) is 0.750. The first kappa shape index (κ1) is 13.9. The van der Waals surface area contributed by atoms with E-state index in [9.17, 15) is 9.13 Å². The third-order valence-corrected chi connectivity index (χ3v) is 5.43. The zero-order chi connectivity index (χ0) is 11.8. The van der Waals surface area contributed by atoms with E-state index in [4.69, 9.17) is 30.7 Å². The van der Waals surface area contributed by atoms with Crippen molar-refractivity contribution in [2.24, 2.45) is 5.73 Å². The van der Waals surface area contributed by atoms with Crippen LogP contribution in [0.4, 0.5) is 0 Å². The maximum atomic E-state index is 10.8. The standard InChI is InChI=1S/C4H12N2O6P2/c1-3(5)2-4(6,13(7,8)9)14(10,11)12/h5H,2,6H2,1H3,(H2,7,8,9)(H2,10,11,12). The summed E-state index contributed by atoms with van der Waals surface area (Å²) in [7, 11) is -10.4. The summed E-state index contributed by atoms with van der Waals surface area (Å²) in [6.07, 6.45) is -0.860. The largest absolute Gasteiger partial charge is 0.358 e. The van der Waals surface area contributed by atoms with Crippen LogP contribution in [0.3, 0.4) is 0 Å². The molecule has 7 N–H and O–H groups in total. The van der Waals surface area contributed by atoms with Crippen molar-refractivity contribution < 1.29 is 28.7 Å². The first-order chi connectivity index (χ1) is 5.92. The lowest BCUT2D eigenvalue weighted by atomic mass is 10.3. The van der Waals surface area contributed by atoms with Crippen molar-refractivity contribution >= 4 is 20.9 Å². The molecule has 0 fully saturated rings. The van der Waals surface area contributed by atoms with Crippen LogP contribution in [-0.2, 0) is 9.13 Å². The molecule has 0 aliphatic carbocycles. The lowest BCUT2D eigenvalue weighted by molar-refractivity contribution is 0.310. The van der Waals surface area contributed by atoms with Crippen LogP contribution < -0.4 is 5.73 Å². The molecule has 0 aromatic rings. The molecule has 0 heterocycles. The Hall–Kier alpha value is -0.0700. The summed E-state index contributed by atoms with van der Waals surface area (Å²) in [6, 6.07) is 0.